The molecular formula is C14H28N4O. The van der Waals surface area contributed by atoms with E-state index in [0.29, 0.717) is 6.61 Å². The van der Waals surface area contributed by atoms with Crippen LogP contribution in [0.1, 0.15) is 53.7 Å². The summed E-state index contributed by atoms with van der Waals surface area (Å²) in [5.41, 5.74) is 1.000. The molecule has 0 aromatic carbocycles. The number of aromatic nitrogens is 3. The minimum atomic E-state index is -0.0583. The Morgan fingerprint density at radius 2 is 1.95 bits per heavy atom. The third-order valence-electron chi connectivity index (χ3n) is 3.05. The lowest BCUT2D eigenvalue weighted by atomic mass is 10.1. The van der Waals surface area contributed by atoms with Crippen LogP contribution in [0.3, 0.4) is 0 Å². The monoisotopic (exact) mass is 268 g/mol. The summed E-state index contributed by atoms with van der Waals surface area (Å²) in [7, 11) is 0. The van der Waals surface area contributed by atoms with Crippen molar-refractivity contribution in [1.29, 1.82) is 0 Å². The summed E-state index contributed by atoms with van der Waals surface area (Å²) in [6.07, 6.45) is 2.98. The van der Waals surface area contributed by atoms with Gasteiger partial charge < -0.3 is 10.1 Å². The lowest BCUT2D eigenvalue weighted by molar-refractivity contribution is -0.0246. The summed E-state index contributed by atoms with van der Waals surface area (Å²) < 4.78 is 7.64. The molecule has 5 heteroatoms. The average Bonchev–Trinajstić information content (AvgIpc) is 2.73. The standard InChI is InChI=1S/C14H28N4O/c1-7-14(5,6)19-9-8-18-11-12(16-17-18)10-15-13(2,3)4/h11,15H,7-10H2,1-6H3. The molecule has 0 saturated carbocycles. The van der Waals surface area contributed by atoms with Crippen molar-refractivity contribution < 1.29 is 4.74 Å². The fourth-order valence-electron chi connectivity index (χ4n) is 1.40. The zero-order valence-electron chi connectivity index (χ0n) is 13.2. The Kier molecular flexibility index (Phi) is 5.50. The lowest BCUT2D eigenvalue weighted by Gasteiger charge is -2.23. The highest BCUT2D eigenvalue weighted by Crippen LogP contribution is 2.13. The van der Waals surface area contributed by atoms with E-state index in [2.05, 4.69) is 57.2 Å². The van der Waals surface area contributed by atoms with Gasteiger partial charge in [0.05, 0.1) is 24.4 Å². The number of hydrogen-bond donors (Lipinski definition) is 1. The Bertz CT molecular complexity index is 379. The molecule has 0 unspecified atom stereocenters. The first-order chi connectivity index (χ1) is 8.72. The van der Waals surface area contributed by atoms with Crippen molar-refractivity contribution in [3.05, 3.63) is 11.9 Å². The van der Waals surface area contributed by atoms with E-state index in [-0.39, 0.29) is 11.1 Å². The maximum absolute atomic E-state index is 5.80. The van der Waals surface area contributed by atoms with E-state index >= 15 is 0 Å². The topological polar surface area (TPSA) is 52.0 Å². The van der Waals surface area contributed by atoms with Gasteiger partial charge in [-0.3, -0.25) is 0 Å². The second-order valence-corrected chi connectivity index (χ2v) is 6.54. The number of rotatable bonds is 7. The van der Waals surface area contributed by atoms with Crippen LogP contribution in [0.25, 0.3) is 0 Å². The van der Waals surface area contributed by atoms with Crippen molar-refractivity contribution in [2.45, 2.75) is 72.2 Å². The molecule has 0 spiro atoms. The van der Waals surface area contributed by atoms with Crippen molar-refractivity contribution in [3.8, 4) is 0 Å². The van der Waals surface area contributed by atoms with Crippen LogP contribution in [0.15, 0.2) is 6.20 Å². The maximum Gasteiger partial charge on any atom is 0.0965 e. The number of nitrogens with one attached hydrogen (secondary N) is 1. The molecule has 1 heterocycles. The number of hydrogen-bond acceptors (Lipinski definition) is 4. The highest BCUT2D eigenvalue weighted by molar-refractivity contribution is 4.93. The predicted octanol–water partition coefficient (Wildman–Crippen LogP) is 2.37. The first-order valence-electron chi connectivity index (χ1n) is 7.00. The Balaban J connectivity index is 2.35. The molecule has 0 bridgehead atoms. The Morgan fingerprint density at radius 3 is 2.53 bits per heavy atom. The van der Waals surface area contributed by atoms with E-state index in [1.165, 1.54) is 0 Å². The van der Waals surface area contributed by atoms with Crippen LogP contribution in [0.4, 0.5) is 0 Å². The third kappa shape index (κ3) is 6.68. The molecule has 1 aromatic heterocycles. The van der Waals surface area contributed by atoms with Gasteiger partial charge in [-0.05, 0) is 41.0 Å². The summed E-state index contributed by atoms with van der Waals surface area (Å²) in [4.78, 5) is 0. The zero-order valence-corrected chi connectivity index (χ0v) is 13.2. The van der Waals surface area contributed by atoms with Crippen LogP contribution in [-0.2, 0) is 17.8 Å². The van der Waals surface area contributed by atoms with Gasteiger partial charge in [0.1, 0.15) is 0 Å². The summed E-state index contributed by atoms with van der Waals surface area (Å²) in [6, 6.07) is 0. The Hall–Kier alpha value is -0.940. The van der Waals surface area contributed by atoms with Crippen molar-refractivity contribution in [3.63, 3.8) is 0 Å². The molecule has 0 amide bonds. The molecule has 0 aliphatic carbocycles. The summed E-state index contributed by atoms with van der Waals surface area (Å²) in [5.74, 6) is 0. The molecule has 1 aromatic rings. The van der Waals surface area contributed by atoms with Crippen LogP contribution in [0.2, 0.25) is 0 Å². The molecule has 0 saturated heterocycles. The number of ether oxygens (including phenoxy) is 1. The van der Waals surface area contributed by atoms with Gasteiger partial charge in [0, 0.05) is 18.3 Å². The number of nitrogens with zero attached hydrogens (tertiary/aromatic N) is 3. The van der Waals surface area contributed by atoms with E-state index in [1.807, 2.05) is 10.9 Å². The first-order valence-corrected chi connectivity index (χ1v) is 7.00. The summed E-state index contributed by atoms with van der Waals surface area (Å²) >= 11 is 0. The molecule has 0 aliphatic rings. The molecule has 5 nitrogen and oxygen atoms in total. The smallest absolute Gasteiger partial charge is 0.0965 e. The largest absolute Gasteiger partial charge is 0.374 e. The molecule has 0 aliphatic heterocycles. The second kappa shape index (κ2) is 6.48. The molecule has 1 rings (SSSR count). The van der Waals surface area contributed by atoms with Crippen molar-refractivity contribution >= 4 is 0 Å². The zero-order chi connectivity index (χ0) is 14.5. The molecule has 0 atom stereocenters. The Labute approximate surface area is 116 Å². The van der Waals surface area contributed by atoms with Gasteiger partial charge in [-0.2, -0.15) is 0 Å². The van der Waals surface area contributed by atoms with Crippen LogP contribution in [0, 0.1) is 0 Å². The van der Waals surface area contributed by atoms with E-state index in [4.69, 9.17) is 4.74 Å². The van der Waals surface area contributed by atoms with Crippen LogP contribution < -0.4 is 5.32 Å². The predicted molar refractivity (Wildman–Crippen MR) is 76.9 cm³/mol. The van der Waals surface area contributed by atoms with E-state index < -0.39 is 0 Å². The normalized spacial score (nSPS) is 12.9. The molecular weight excluding hydrogens is 240 g/mol. The van der Waals surface area contributed by atoms with Crippen molar-refractivity contribution in [1.82, 2.24) is 20.3 Å². The second-order valence-electron chi connectivity index (χ2n) is 6.54. The van der Waals surface area contributed by atoms with Crippen molar-refractivity contribution in [2.75, 3.05) is 6.61 Å². The minimum Gasteiger partial charge on any atom is -0.374 e. The van der Waals surface area contributed by atoms with Crippen LogP contribution in [-0.4, -0.2) is 32.7 Å². The van der Waals surface area contributed by atoms with E-state index in [0.717, 1.165) is 25.2 Å². The van der Waals surface area contributed by atoms with Crippen molar-refractivity contribution in [2.24, 2.45) is 0 Å². The fourth-order valence-corrected chi connectivity index (χ4v) is 1.40. The molecule has 0 fully saturated rings. The highest BCUT2D eigenvalue weighted by Gasteiger charge is 2.15. The van der Waals surface area contributed by atoms with Gasteiger partial charge in [-0.25, -0.2) is 4.68 Å². The fraction of sp³-hybridized carbons (Fsp3) is 0.857. The van der Waals surface area contributed by atoms with Gasteiger partial charge in [0.2, 0.25) is 0 Å². The molecule has 1 N–H and O–H groups in total. The van der Waals surface area contributed by atoms with Crippen LogP contribution in [0.5, 0.6) is 0 Å². The third-order valence-corrected chi connectivity index (χ3v) is 3.05. The van der Waals surface area contributed by atoms with E-state index in [1.54, 1.807) is 0 Å². The van der Waals surface area contributed by atoms with Gasteiger partial charge in [0.15, 0.2) is 0 Å². The van der Waals surface area contributed by atoms with Gasteiger partial charge >= 0.3 is 0 Å². The maximum atomic E-state index is 5.80. The van der Waals surface area contributed by atoms with Gasteiger partial charge in [-0.15, -0.1) is 5.10 Å². The molecule has 19 heavy (non-hydrogen) atoms. The molecule has 110 valence electrons. The quantitative estimate of drug-likeness (QED) is 0.825. The van der Waals surface area contributed by atoms with Crippen LogP contribution >= 0.6 is 0 Å². The Morgan fingerprint density at radius 1 is 1.26 bits per heavy atom. The summed E-state index contributed by atoms with van der Waals surface area (Å²) in [6.45, 7) is 14.9. The average molecular weight is 268 g/mol. The SMILES string of the molecule is CCC(C)(C)OCCn1cc(CNC(C)(C)C)nn1. The van der Waals surface area contributed by atoms with Gasteiger partial charge in [-0.1, -0.05) is 12.1 Å². The minimum absolute atomic E-state index is 0.0583. The van der Waals surface area contributed by atoms with E-state index in [9.17, 15) is 0 Å². The van der Waals surface area contributed by atoms with Gasteiger partial charge in [0.25, 0.3) is 0 Å². The summed E-state index contributed by atoms with van der Waals surface area (Å²) in [5, 5.41) is 11.7. The first kappa shape index (κ1) is 16.1. The lowest BCUT2D eigenvalue weighted by Crippen LogP contribution is -2.35. The molecule has 0 radical (unpaired) electrons. The highest BCUT2D eigenvalue weighted by atomic mass is 16.5.